The Labute approximate surface area is 162 Å². The summed E-state index contributed by atoms with van der Waals surface area (Å²) in [7, 11) is -1.56. The number of aliphatic hydroxyl groups excluding tert-OH is 1. The Morgan fingerprint density at radius 3 is 2.04 bits per heavy atom. The van der Waals surface area contributed by atoms with E-state index in [1.807, 2.05) is 0 Å². The average Bonchev–Trinajstić information content (AvgIpc) is 2.45. The van der Waals surface area contributed by atoms with E-state index in [-0.39, 0.29) is 24.3 Å². The SMILES string of the molecule is CCCCNC(=N)NC(=N)N.COP(=O)(OC)C(O)C(Cl)(Cl)Cl.Cl. The normalized spacial score (nSPS) is 12.1. The van der Waals surface area contributed by atoms with E-state index in [0.29, 0.717) is 0 Å². The van der Waals surface area contributed by atoms with E-state index in [1.165, 1.54) is 0 Å². The van der Waals surface area contributed by atoms with Crippen molar-refractivity contribution in [2.75, 3.05) is 20.8 Å². The van der Waals surface area contributed by atoms with Gasteiger partial charge in [-0.05, 0) is 6.42 Å². The van der Waals surface area contributed by atoms with E-state index in [9.17, 15) is 9.67 Å². The third kappa shape index (κ3) is 13.3. The molecule has 0 saturated carbocycles. The minimum Gasteiger partial charge on any atom is -0.377 e. The fraction of sp³-hybridized carbons (Fsp3) is 0.800. The van der Waals surface area contributed by atoms with Gasteiger partial charge in [0.2, 0.25) is 9.64 Å². The van der Waals surface area contributed by atoms with E-state index in [0.717, 1.165) is 33.6 Å². The van der Waals surface area contributed by atoms with Crippen LogP contribution in [0, 0.1) is 10.8 Å². The summed E-state index contributed by atoms with van der Waals surface area (Å²) in [6.45, 7) is 2.82. The molecule has 0 spiro atoms. The first kappa shape index (κ1) is 28.8. The maximum absolute atomic E-state index is 11.3. The molecule has 9 nitrogen and oxygen atoms in total. The highest BCUT2D eigenvalue weighted by Crippen LogP contribution is 2.57. The molecule has 24 heavy (non-hydrogen) atoms. The molecule has 0 saturated heterocycles. The van der Waals surface area contributed by atoms with Gasteiger partial charge in [0, 0.05) is 20.8 Å². The summed E-state index contributed by atoms with van der Waals surface area (Å²) in [5.41, 5.74) is 4.99. The number of halogens is 4. The molecule has 1 unspecified atom stereocenters. The molecule has 0 fully saturated rings. The molecule has 0 aliphatic heterocycles. The van der Waals surface area contributed by atoms with Crippen molar-refractivity contribution in [1.82, 2.24) is 10.6 Å². The predicted molar refractivity (Wildman–Crippen MR) is 101 cm³/mol. The highest BCUT2D eigenvalue weighted by molar-refractivity contribution is 7.54. The van der Waals surface area contributed by atoms with E-state index in [2.05, 4.69) is 26.6 Å². The van der Waals surface area contributed by atoms with Crippen molar-refractivity contribution in [2.45, 2.75) is 29.4 Å². The lowest BCUT2D eigenvalue weighted by Crippen LogP contribution is -2.43. The van der Waals surface area contributed by atoms with Crippen molar-refractivity contribution in [2.24, 2.45) is 5.73 Å². The van der Waals surface area contributed by atoms with E-state index >= 15 is 0 Å². The van der Waals surface area contributed by atoms with Crippen LogP contribution in [0.2, 0.25) is 0 Å². The molecule has 0 aliphatic carbocycles. The van der Waals surface area contributed by atoms with Gasteiger partial charge in [0.15, 0.2) is 11.9 Å². The van der Waals surface area contributed by atoms with Gasteiger partial charge in [0.25, 0.3) is 0 Å². The van der Waals surface area contributed by atoms with Gasteiger partial charge in [-0.15, -0.1) is 12.4 Å². The van der Waals surface area contributed by atoms with Gasteiger partial charge >= 0.3 is 7.60 Å². The number of nitrogens with two attached hydrogens (primary N) is 1. The second-order valence-electron chi connectivity index (χ2n) is 4.01. The Morgan fingerprint density at radius 1 is 1.33 bits per heavy atom. The van der Waals surface area contributed by atoms with Crippen molar-refractivity contribution in [3.63, 3.8) is 0 Å². The highest BCUT2D eigenvalue weighted by Gasteiger charge is 2.46. The van der Waals surface area contributed by atoms with Crippen LogP contribution in [0.5, 0.6) is 0 Å². The lowest BCUT2D eigenvalue weighted by molar-refractivity contribution is 0.176. The van der Waals surface area contributed by atoms with Crippen LogP contribution >= 0.6 is 54.8 Å². The molecular formula is C10H24Cl4N5O4P. The molecular weight excluding hydrogens is 427 g/mol. The van der Waals surface area contributed by atoms with Crippen LogP contribution in [0.25, 0.3) is 0 Å². The monoisotopic (exact) mass is 449 g/mol. The summed E-state index contributed by atoms with van der Waals surface area (Å²) in [5.74, 6) is -1.92. The first-order chi connectivity index (χ1) is 10.4. The smallest absolute Gasteiger partial charge is 0.362 e. The fourth-order valence-corrected chi connectivity index (χ4v) is 3.01. The largest absolute Gasteiger partial charge is 0.377 e. The molecule has 0 amide bonds. The molecule has 0 aromatic rings. The first-order valence-corrected chi connectivity index (χ1v) is 9.08. The number of guanidine groups is 2. The zero-order chi connectivity index (χ0) is 18.7. The van der Waals surface area contributed by atoms with Crippen molar-refractivity contribution >= 4 is 66.7 Å². The second kappa shape index (κ2) is 14.2. The highest BCUT2D eigenvalue weighted by atomic mass is 35.6. The lowest BCUT2D eigenvalue weighted by Gasteiger charge is -2.24. The van der Waals surface area contributed by atoms with Crippen molar-refractivity contribution in [3.8, 4) is 0 Å². The Bertz CT molecular complexity index is 417. The van der Waals surface area contributed by atoms with Crippen molar-refractivity contribution in [3.05, 3.63) is 0 Å². The molecule has 0 aliphatic rings. The Balaban J connectivity index is -0.000000354. The quantitative estimate of drug-likeness (QED) is 0.119. The van der Waals surface area contributed by atoms with Crippen LogP contribution in [-0.4, -0.2) is 47.4 Å². The van der Waals surface area contributed by atoms with Crippen molar-refractivity contribution in [1.29, 1.82) is 10.8 Å². The number of aliphatic hydroxyl groups is 1. The minimum atomic E-state index is -3.73. The van der Waals surface area contributed by atoms with Crippen molar-refractivity contribution < 1.29 is 18.7 Å². The number of hydrogen-bond donors (Lipinski definition) is 6. The van der Waals surface area contributed by atoms with E-state index in [1.54, 1.807) is 0 Å². The summed E-state index contributed by atoms with van der Waals surface area (Å²) < 4.78 is 18.1. The third-order valence-electron chi connectivity index (χ3n) is 2.19. The number of alkyl halides is 3. The molecule has 0 radical (unpaired) electrons. The summed E-state index contributed by atoms with van der Waals surface area (Å²) in [4.78, 5) is 0. The maximum atomic E-state index is 11.3. The summed E-state index contributed by atoms with van der Waals surface area (Å²) in [6.07, 6.45) is 2.10. The molecule has 7 N–H and O–H groups in total. The van der Waals surface area contributed by atoms with Gasteiger partial charge in [-0.2, -0.15) is 0 Å². The molecule has 0 aromatic heterocycles. The molecule has 0 heterocycles. The topological polar surface area (TPSA) is 154 Å². The van der Waals surface area contributed by atoms with Crippen LogP contribution < -0.4 is 16.4 Å². The van der Waals surface area contributed by atoms with Crippen LogP contribution in [-0.2, 0) is 13.6 Å². The molecule has 0 rings (SSSR count). The molecule has 146 valence electrons. The Morgan fingerprint density at radius 2 is 1.79 bits per heavy atom. The van der Waals surface area contributed by atoms with Gasteiger partial charge in [-0.25, -0.2) is 0 Å². The van der Waals surface area contributed by atoms with E-state index in [4.69, 9.17) is 51.4 Å². The standard InChI is InChI=1S/C6H15N5.C4H8Cl3O4P.ClH/c1-2-3-4-10-6(9)11-5(7)8;1-10-12(9,11-2)3(8)4(5,6)7;/h2-4H2,1H3,(H6,7,8,9,10,11);3,8H,1-2H3;1H. The summed E-state index contributed by atoms with van der Waals surface area (Å²) >= 11 is 15.8. The predicted octanol–water partition coefficient (Wildman–Crippen LogP) is 2.38. The maximum Gasteiger partial charge on any atom is 0.362 e. The second-order valence-corrected chi connectivity index (χ2v) is 8.68. The summed E-state index contributed by atoms with van der Waals surface area (Å²) in [5, 5.41) is 28.2. The molecule has 0 aromatic carbocycles. The zero-order valence-corrected chi connectivity index (χ0v) is 17.4. The number of hydrogen-bond acceptors (Lipinski definition) is 6. The Hall–Kier alpha value is 0.01000. The first-order valence-electron chi connectivity index (χ1n) is 6.34. The number of rotatable bonds is 6. The summed E-state index contributed by atoms with van der Waals surface area (Å²) in [6, 6.07) is 0. The van der Waals surface area contributed by atoms with Crippen LogP contribution in [0.1, 0.15) is 19.8 Å². The molecule has 14 heteroatoms. The van der Waals surface area contributed by atoms with Crippen LogP contribution in [0.4, 0.5) is 0 Å². The van der Waals surface area contributed by atoms with Gasteiger partial charge in [-0.1, -0.05) is 48.1 Å². The number of unbranched alkanes of at least 4 members (excludes halogenated alkanes) is 1. The lowest BCUT2D eigenvalue weighted by atomic mass is 10.3. The Kier molecular flexibility index (Phi) is 17.0. The van der Waals surface area contributed by atoms with Gasteiger partial charge < -0.3 is 25.2 Å². The van der Waals surface area contributed by atoms with E-state index < -0.39 is 17.2 Å². The minimum absolute atomic E-state index is 0. The van der Waals surface area contributed by atoms with Crippen LogP contribution in [0.15, 0.2) is 0 Å². The fourth-order valence-electron chi connectivity index (χ4n) is 1.02. The van der Waals surface area contributed by atoms with Gasteiger partial charge in [-0.3, -0.25) is 20.7 Å². The number of nitrogens with one attached hydrogen (secondary N) is 4. The average molecular weight is 451 g/mol. The zero-order valence-electron chi connectivity index (χ0n) is 13.4. The van der Waals surface area contributed by atoms with Crippen LogP contribution in [0.3, 0.4) is 0 Å². The molecule has 0 bridgehead atoms. The molecule has 1 atom stereocenters. The third-order valence-corrected chi connectivity index (χ3v) is 5.27. The van der Waals surface area contributed by atoms with Gasteiger partial charge in [0.05, 0.1) is 0 Å². The van der Waals surface area contributed by atoms with Gasteiger partial charge in [0.1, 0.15) is 0 Å².